The third kappa shape index (κ3) is 4.98. The van der Waals surface area contributed by atoms with E-state index in [1.54, 1.807) is 18.2 Å². The Bertz CT molecular complexity index is 1050. The summed E-state index contributed by atoms with van der Waals surface area (Å²) in [7, 11) is 2.08. The molecule has 0 saturated carbocycles. The predicted octanol–water partition coefficient (Wildman–Crippen LogP) is 1.87. The van der Waals surface area contributed by atoms with Gasteiger partial charge in [-0.15, -0.1) is 0 Å². The number of para-hydroxylation sites is 1. The van der Waals surface area contributed by atoms with Crippen molar-refractivity contribution in [1.29, 1.82) is 0 Å². The van der Waals surface area contributed by atoms with Gasteiger partial charge >= 0.3 is 0 Å². The molecule has 0 radical (unpaired) electrons. The third-order valence-corrected chi connectivity index (χ3v) is 6.17. The molecule has 9 heteroatoms. The molecule has 0 bridgehead atoms. The fourth-order valence-corrected chi connectivity index (χ4v) is 4.25. The lowest BCUT2D eigenvalue weighted by molar-refractivity contribution is -0.119. The molecule has 0 aromatic heterocycles. The van der Waals surface area contributed by atoms with Gasteiger partial charge in [-0.25, -0.2) is 4.39 Å². The van der Waals surface area contributed by atoms with E-state index in [-0.39, 0.29) is 17.9 Å². The van der Waals surface area contributed by atoms with Gasteiger partial charge in [-0.2, -0.15) is 5.10 Å². The molecular formula is C24H29FN6O2. The average Bonchev–Trinajstić information content (AvgIpc) is 3.26. The first-order valence-corrected chi connectivity index (χ1v) is 11.1. The number of nitrogens with zero attached hydrogens (tertiary/aromatic N) is 4. The largest absolute Gasteiger partial charge is 0.369 e. The fourth-order valence-electron chi connectivity index (χ4n) is 4.25. The van der Waals surface area contributed by atoms with Crippen molar-refractivity contribution in [3.63, 3.8) is 0 Å². The van der Waals surface area contributed by atoms with Gasteiger partial charge in [0.25, 0.3) is 5.91 Å². The van der Waals surface area contributed by atoms with Crippen LogP contribution in [0.4, 0.5) is 15.8 Å². The van der Waals surface area contributed by atoms with Crippen LogP contribution >= 0.6 is 0 Å². The molecule has 2 atom stereocenters. The number of amides is 2. The van der Waals surface area contributed by atoms with E-state index in [9.17, 15) is 14.0 Å². The molecule has 1 fully saturated rings. The molecule has 174 valence electrons. The summed E-state index contributed by atoms with van der Waals surface area (Å²) in [6, 6.07) is 12.6. The molecule has 0 spiro atoms. The molecule has 2 amide bonds. The molecule has 3 N–H and O–H groups in total. The number of likely N-dealkylation sites (N-methyl/N-ethyl adjacent to an activating group) is 1. The molecule has 33 heavy (non-hydrogen) atoms. The fraction of sp³-hybridized carbons (Fsp3) is 0.375. The summed E-state index contributed by atoms with van der Waals surface area (Å²) in [5, 5.41) is 8.81. The summed E-state index contributed by atoms with van der Waals surface area (Å²) < 4.78 is 14.1. The minimum atomic E-state index is -0.737. The summed E-state index contributed by atoms with van der Waals surface area (Å²) in [5.74, 6) is -1.31. The molecule has 8 nitrogen and oxygen atoms in total. The standard InChI is InChI=1S/C24H29FN6O2/c1-16(19-14-17(25)8-9-21(19)30-12-10-29(2)11-13-30)27-24(33)20-15-22(23(26)32)31(28-20)18-6-4-3-5-7-18/h3-9,14,16,22H,10-13,15H2,1-2H3,(H2,26,32)(H,27,33). The van der Waals surface area contributed by atoms with E-state index in [1.807, 2.05) is 25.1 Å². The quantitative estimate of drug-likeness (QED) is 0.698. The van der Waals surface area contributed by atoms with E-state index >= 15 is 0 Å². The summed E-state index contributed by atoms with van der Waals surface area (Å²) >= 11 is 0. The van der Waals surface area contributed by atoms with Gasteiger partial charge in [0.05, 0.1) is 11.7 Å². The molecule has 2 aliphatic heterocycles. The number of nitrogens with two attached hydrogens (primary N) is 1. The van der Waals surface area contributed by atoms with E-state index in [4.69, 9.17) is 5.73 Å². The smallest absolute Gasteiger partial charge is 0.268 e. The Labute approximate surface area is 192 Å². The van der Waals surface area contributed by atoms with Gasteiger partial charge in [-0.3, -0.25) is 14.6 Å². The molecule has 2 aromatic carbocycles. The minimum Gasteiger partial charge on any atom is -0.369 e. The number of hydrazone groups is 1. The Balaban J connectivity index is 1.53. The maximum absolute atomic E-state index is 14.1. The van der Waals surface area contributed by atoms with E-state index in [0.29, 0.717) is 11.3 Å². The lowest BCUT2D eigenvalue weighted by Crippen LogP contribution is -2.45. The maximum atomic E-state index is 14.1. The Morgan fingerprint density at radius 2 is 1.82 bits per heavy atom. The lowest BCUT2D eigenvalue weighted by atomic mass is 10.0. The molecule has 2 heterocycles. The highest BCUT2D eigenvalue weighted by atomic mass is 19.1. The molecule has 1 saturated heterocycles. The highest BCUT2D eigenvalue weighted by Crippen LogP contribution is 2.29. The van der Waals surface area contributed by atoms with Gasteiger partial charge in [0.15, 0.2) is 0 Å². The number of rotatable bonds is 6. The number of carbonyl (C=O) groups excluding carboxylic acids is 2. The number of hydrogen-bond donors (Lipinski definition) is 2. The average molecular weight is 453 g/mol. The van der Waals surface area contributed by atoms with Crippen LogP contribution in [0.5, 0.6) is 0 Å². The predicted molar refractivity (Wildman–Crippen MR) is 127 cm³/mol. The normalized spacial score (nSPS) is 19.8. The Kier molecular flexibility index (Phi) is 6.60. The molecule has 2 aliphatic rings. The number of anilines is 2. The number of nitrogens with one attached hydrogen (secondary N) is 1. The van der Waals surface area contributed by atoms with Gasteiger partial charge in [-0.1, -0.05) is 18.2 Å². The van der Waals surface area contributed by atoms with Gasteiger partial charge in [0.1, 0.15) is 17.6 Å². The number of hydrogen-bond acceptors (Lipinski definition) is 6. The first-order valence-electron chi connectivity index (χ1n) is 11.1. The summed E-state index contributed by atoms with van der Waals surface area (Å²) in [5.41, 5.74) is 8.08. The van der Waals surface area contributed by atoms with Gasteiger partial charge in [0, 0.05) is 43.9 Å². The van der Waals surface area contributed by atoms with Gasteiger partial charge < -0.3 is 20.9 Å². The number of carbonyl (C=O) groups is 2. The highest BCUT2D eigenvalue weighted by Gasteiger charge is 2.35. The second-order valence-corrected chi connectivity index (χ2v) is 8.54. The van der Waals surface area contributed by atoms with Crippen LogP contribution in [0.1, 0.15) is 24.9 Å². The van der Waals surface area contributed by atoms with E-state index in [0.717, 1.165) is 31.9 Å². The minimum absolute atomic E-state index is 0.108. The molecule has 2 aromatic rings. The first kappa shape index (κ1) is 22.7. The van der Waals surface area contributed by atoms with Gasteiger partial charge in [0.2, 0.25) is 5.91 Å². The molecule has 4 rings (SSSR count). The zero-order chi connectivity index (χ0) is 23.5. The van der Waals surface area contributed by atoms with Crippen LogP contribution in [0.25, 0.3) is 0 Å². The summed E-state index contributed by atoms with van der Waals surface area (Å²) in [6.45, 7) is 5.31. The first-order chi connectivity index (χ1) is 15.8. The van der Waals surface area contributed by atoms with Crippen molar-refractivity contribution in [3.8, 4) is 0 Å². The molecular weight excluding hydrogens is 423 g/mol. The SMILES string of the molecule is CC(NC(=O)C1=NN(c2ccccc2)C(C(N)=O)C1)c1cc(F)ccc1N1CCN(C)CC1. The van der Waals surface area contributed by atoms with Crippen LogP contribution < -0.4 is 21.0 Å². The summed E-state index contributed by atoms with van der Waals surface area (Å²) in [4.78, 5) is 29.5. The van der Waals surface area contributed by atoms with Crippen LogP contribution in [-0.2, 0) is 9.59 Å². The Hall–Kier alpha value is -3.46. The third-order valence-electron chi connectivity index (χ3n) is 6.17. The van der Waals surface area contributed by atoms with Crippen molar-refractivity contribution in [3.05, 3.63) is 59.9 Å². The number of halogens is 1. The van der Waals surface area contributed by atoms with Crippen LogP contribution in [0, 0.1) is 5.82 Å². The topological polar surface area (TPSA) is 94.3 Å². The van der Waals surface area contributed by atoms with E-state index < -0.39 is 23.9 Å². The lowest BCUT2D eigenvalue weighted by Gasteiger charge is -2.36. The zero-order valence-corrected chi connectivity index (χ0v) is 18.9. The van der Waals surface area contributed by atoms with Crippen molar-refractivity contribution in [2.75, 3.05) is 43.1 Å². The second kappa shape index (κ2) is 9.58. The number of piperazine rings is 1. The van der Waals surface area contributed by atoms with Crippen molar-refractivity contribution in [2.24, 2.45) is 10.8 Å². The van der Waals surface area contributed by atoms with Crippen molar-refractivity contribution >= 4 is 28.9 Å². The van der Waals surface area contributed by atoms with Crippen LogP contribution in [0.15, 0.2) is 53.6 Å². The Morgan fingerprint density at radius 1 is 1.12 bits per heavy atom. The monoisotopic (exact) mass is 452 g/mol. The second-order valence-electron chi connectivity index (χ2n) is 8.54. The van der Waals surface area contributed by atoms with Crippen molar-refractivity contribution < 1.29 is 14.0 Å². The van der Waals surface area contributed by atoms with Crippen LogP contribution in [0.3, 0.4) is 0 Å². The van der Waals surface area contributed by atoms with Crippen LogP contribution in [-0.4, -0.2) is 61.7 Å². The zero-order valence-electron chi connectivity index (χ0n) is 18.9. The molecule has 0 aliphatic carbocycles. The number of benzene rings is 2. The van der Waals surface area contributed by atoms with E-state index in [1.165, 1.54) is 17.1 Å². The maximum Gasteiger partial charge on any atom is 0.268 e. The molecule has 2 unspecified atom stereocenters. The van der Waals surface area contributed by atoms with Gasteiger partial charge in [-0.05, 0) is 44.3 Å². The summed E-state index contributed by atoms with van der Waals surface area (Å²) in [6.07, 6.45) is 0.108. The highest BCUT2D eigenvalue weighted by molar-refractivity contribution is 6.40. The van der Waals surface area contributed by atoms with Crippen molar-refractivity contribution in [2.45, 2.75) is 25.4 Å². The van der Waals surface area contributed by atoms with Crippen LogP contribution in [0.2, 0.25) is 0 Å². The number of primary amides is 1. The van der Waals surface area contributed by atoms with Crippen molar-refractivity contribution in [1.82, 2.24) is 10.2 Å². The Morgan fingerprint density at radius 3 is 2.48 bits per heavy atom. The van der Waals surface area contributed by atoms with E-state index in [2.05, 4.69) is 27.3 Å².